The lowest BCUT2D eigenvalue weighted by Crippen LogP contribution is -2.44. The second-order valence-electron chi connectivity index (χ2n) is 8.93. The number of primary amides is 1. The molecule has 192 valence electrons. The van der Waals surface area contributed by atoms with E-state index >= 15 is 0 Å². The number of aliphatic carboxylic acids is 1. The molecular weight excluding hydrogens is 471 g/mol. The van der Waals surface area contributed by atoms with Crippen LogP contribution in [0.15, 0.2) is 29.0 Å². The van der Waals surface area contributed by atoms with Crippen molar-refractivity contribution in [2.75, 3.05) is 18.4 Å². The van der Waals surface area contributed by atoms with Crippen LogP contribution in [0.5, 0.6) is 0 Å². The van der Waals surface area contributed by atoms with Crippen molar-refractivity contribution in [3.05, 3.63) is 41.7 Å². The maximum atomic E-state index is 13.1. The molecule has 3 heterocycles. The molecule has 0 saturated carbocycles. The Morgan fingerprint density at radius 3 is 2.46 bits per heavy atom. The molecule has 1 fully saturated rings. The van der Waals surface area contributed by atoms with Crippen molar-refractivity contribution < 1.29 is 37.1 Å². The highest BCUT2D eigenvalue weighted by Crippen LogP contribution is 2.25. The number of halogens is 3. The fourth-order valence-electron chi connectivity index (χ4n) is 3.18. The predicted octanol–water partition coefficient (Wildman–Crippen LogP) is 2.95. The van der Waals surface area contributed by atoms with Crippen molar-refractivity contribution in [2.45, 2.75) is 51.7 Å². The molecule has 13 heteroatoms. The van der Waals surface area contributed by atoms with Crippen molar-refractivity contribution in [3.8, 4) is 0 Å². The number of carboxylic acids is 1. The Hall–Kier alpha value is -3.64. The Bertz CT molecular complexity index is 1040. The molecule has 2 amide bonds. The van der Waals surface area contributed by atoms with Crippen molar-refractivity contribution in [1.82, 2.24) is 14.9 Å². The van der Waals surface area contributed by atoms with E-state index in [1.807, 2.05) is 26.8 Å². The lowest BCUT2D eigenvalue weighted by Gasteiger charge is -2.31. The van der Waals surface area contributed by atoms with E-state index in [4.69, 9.17) is 20.1 Å². The summed E-state index contributed by atoms with van der Waals surface area (Å²) in [6, 6.07) is 3.66. The van der Waals surface area contributed by atoms with Gasteiger partial charge in [-0.05, 0) is 25.0 Å². The molecule has 1 unspecified atom stereocenters. The standard InChI is InChI=1S/C20H27N5O3.C2HF3O2/c1-20(2,3)19-23-11-15(17(24-19)22-10-14-7-5-9-28-14)18(27)25-8-4-6-13(12-25)16(21)26;3-2(4,5)1(6)7/h5,7,9,11,13H,4,6,8,10,12H2,1-3H3,(H2,21,26)(H,22,23,24);(H,6,7). The van der Waals surface area contributed by atoms with Gasteiger partial charge in [0.05, 0.1) is 18.7 Å². The van der Waals surface area contributed by atoms with E-state index in [1.165, 1.54) is 0 Å². The SMILES string of the molecule is CC(C)(C)c1ncc(C(=O)N2CCCC(C(N)=O)C2)c(NCc2ccco2)n1.O=C(O)C(F)(F)F. The Morgan fingerprint density at radius 1 is 1.29 bits per heavy atom. The molecule has 10 nitrogen and oxygen atoms in total. The number of rotatable bonds is 5. The lowest BCUT2D eigenvalue weighted by molar-refractivity contribution is -0.192. The van der Waals surface area contributed by atoms with Gasteiger partial charge in [-0.25, -0.2) is 14.8 Å². The van der Waals surface area contributed by atoms with Crippen LogP contribution in [-0.4, -0.2) is 57.0 Å². The predicted molar refractivity (Wildman–Crippen MR) is 118 cm³/mol. The Balaban J connectivity index is 0.000000540. The van der Waals surface area contributed by atoms with Gasteiger partial charge >= 0.3 is 12.1 Å². The minimum atomic E-state index is -5.08. The van der Waals surface area contributed by atoms with Gasteiger partial charge in [0.25, 0.3) is 5.91 Å². The number of nitrogens with zero attached hydrogens (tertiary/aromatic N) is 3. The number of carboxylic acid groups (broad SMARTS) is 1. The first kappa shape index (κ1) is 27.6. The van der Waals surface area contributed by atoms with Gasteiger partial charge in [-0.3, -0.25) is 9.59 Å². The third-order valence-electron chi connectivity index (χ3n) is 5.05. The van der Waals surface area contributed by atoms with Gasteiger partial charge in [0.15, 0.2) is 0 Å². The number of amides is 2. The van der Waals surface area contributed by atoms with Crippen LogP contribution in [0, 0.1) is 5.92 Å². The van der Waals surface area contributed by atoms with E-state index < -0.39 is 12.1 Å². The first-order valence-electron chi connectivity index (χ1n) is 10.7. The molecule has 1 atom stereocenters. The van der Waals surface area contributed by atoms with E-state index in [0.717, 1.165) is 12.2 Å². The zero-order chi connectivity index (χ0) is 26.4. The zero-order valence-electron chi connectivity index (χ0n) is 19.6. The summed E-state index contributed by atoms with van der Waals surface area (Å²) in [6.07, 6.45) is -0.465. The second-order valence-corrected chi connectivity index (χ2v) is 8.93. The van der Waals surface area contributed by atoms with Crippen LogP contribution in [0.25, 0.3) is 0 Å². The fraction of sp³-hybridized carbons (Fsp3) is 0.500. The normalized spacial score (nSPS) is 16.2. The molecule has 0 aromatic carbocycles. The number of nitrogens with two attached hydrogens (primary N) is 1. The summed E-state index contributed by atoms with van der Waals surface area (Å²) in [5, 5.41) is 10.3. The number of alkyl halides is 3. The first-order valence-corrected chi connectivity index (χ1v) is 10.7. The quantitative estimate of drug-likeness (QED) is 0.568. The van der Waals surface area contributed by atoms with Gasteiger partial charge in [0, 0.05) is 24.7 Å². The average Bonchev–Trinajstić information content (AvgIpc) is 3.30. The van der Waals surface area contributed by atoms with E-state index in [2.05, 4.69) is 15.3 Å². The van der Waals surface area contributed by atoms with Gasteiger partial charge in [0.2, 0.25) is 5.91 Å². The molecule has 1 saturated heterocycles. The van der Waals surface area contributed by atoms with E-state index in [9.17, 15) is 22.8 Å². The van der Waals surface area contributed by atoms with Crippen LogP contribution in [0.1, 0.15) is 55.6 Å². The molecule has 1 aliphatic heterocycles. The highest BCUT2D eigenvalue weighted by atomic mass is 19.4. The van der Waals surface area contributed by atoms with Crippen LogP contribution >= 0.6 is 0 Å². The van der Waals surface area contributed by atoms with Crippen molar-refractivity contribution >= 4 is 23.6 Å². The zero-order valence-corrected chi connectivity index (χ0v) is 19.6. The number of piperidine rings is 1. The average molecular weight is 499 g/mol. The summed E-state index contributed by atoms with van der Waals surface area (Å²) in [5.41, 5.74) is 5.56. The maximum Gasteiger partial charge on any atom is 0.490 e. The minimum Gasteiger partial charge on any atom is -0.475 e. The van der Waals surface area contributed by atoms with Gasteiger partial charge in [-0.15, -0.1) is 0 Å². The number of nitrogens with one attached hydrogen (secondary N) is 1. The van der Waals surface area contributed by atoms with E-state index in [0.29, 0.717) is 43.3 Å². The first-order chi connectivity index (χ1) is 16.2. The van der Waals surface area contributed by atoms with Crippen molar-refractivity contribution in [2.24, 2.45) is 11.7 Å². The molecule has 1 aliphatic rings. The lowest BCUT2D eigenvalue weighted by atomic mass is 9.95. The van der Waals surface area contributed by atoms with E-state index in [1.54, 1.807) is 23.4 Å². The molecule has 4 N–H and O–H groups in total. The van der Waals surface area contributed by atoms with Gasteiger partial charge < -0.3 is 25.5 Å². The third kappa shape index (κ3) is 7.97. The number of hydrogen-bond donors (Lipinski definition) is 3. The molecule has 2 aromatic rings. The molecule has 0 spiro atoms. The van der Waals surface area contributed by atoms with Crippen LogP contribution in [0.3, 0.4) is 0 Å². The topological polar surface area (TPSA) is 152 Å². The number of aromatic nitrogens is 2. The molecule has 3 rings (SSSR count). The van der Waals surface area contributed by atoms with Crippen LogP contribution in [0.4, 0.5) is 19.0 Å². The van der Waals surface area contributed by atoms with Gasteiger partial charge in [-0.2, -0.15) is 13.2 Å². The molecule has 0 bridgehead atoms. The number of likely N-dealkylation sites (tertiary alicyclic amines) is 1. The summed E-state index contributed by atoms with van der Waals surface area (Å²) < 4.78 is 37.1. The molecule has 2 aromatic heterocycles. The summed E-state index contributed by atoms with van der Waals surface area (Å²) >= 11 is 0. The molecule has 0 radical (unpaired) electrons. The van der Waals surface area contributed by atoms with Crippen LogP contribution < -0.4 is 11.1 Å². The maximum absolute atomic E-state index is 13.1. The van der Waals surface area contributed by atoms with Crippen molar-refractivity contribution in [3.63, 3.8) is 0 Å². The Kier molecular flexibility index (Phi) is 8.83. The van der Waals surface area contributed by atoms with Gasteiger partial charge in [0.1, 0.15) is 23.0 Å². The smallest absolute Gasteiger partial charge is 0.475 e. The van der Waals surface area contributed by atoms with E-state index in [-0.39, 0.29) is 23.1 Å². The number of carbonyl (C=O) groups is 3. The summed E-state index contributed by atoms with van der Waals surface area (Å²) in [4.78, 5) is 44.3. The number of hydrogen-bond acceptors (Lipinski definition) is 7. The van der Waals surface area contributed by atoms with Gasteiger partial charge in [-0.1, -0.05) is 20.8 Å². The van der Waals surface area contributed by atoms with Crippen LogP contribution in [0.2, 0.25) is 0 Å². The Labute approximate surface area is 199 Å². The minimum absolute atomic E-state index is 0.201. The molecule has 0 aliphatic carbocycles. The largest absolute Gasteiger partial charge is 0.490 e. The highest BCUT2D eigenvalue weighted by molar-refractivity contribution is 5.98. The highest BCUT2D eigenvalue weighted by Gasteiger charge is 2.38. The second kappa shape index (κ2) is 11.2. The van der Waals surface area contributed by atoms with Crippen molar-refractivity contribution in [1.29, 1.82) is 0 Å². The number of furan rings is 1. The fourth-order valence-corrected chi connectivity index (χ4v) is 3.18. The summed E-state index contributed by atoms with van der Waals surface area (Å²) in [5.74, 6) is -1.80. The number of carbonyl (C=O) groups excluding carboxylic acids is 2. The summed E-state index contributed by atoms with van der Waals surface area (Å²) in [7, 11) is 0. The third-order valence-corrected chi connectivity index (χ3v) is 5.05. The summed E-state index contributed by atoms with van der Waals surface area (Å²) in [6.45, 7) is 7.36. The number of anilines is 1. The molecular formula is C22H28F3N5O5. The Morgan fingerprint density at radius 2 is 1.94 bits per heavy atom. The monoisotopic (exact) mass is 499 g/mol. The molecule has 35 heavy (non-hydrogen) atoms. The van der Waals surface area contributed by atoms with Crippen LogP contribution in [-0.2, 0) is 21.5 Å².